The number of halogens is 1. The van der Waals surface area contributed by atoms with Crippen LogP contribution in [0.15, 0.2) is 52.9 Å². The van der Waals surface area contributed by atoms with Crippen LogP contribution in [0.25, 0.3) is 6.08 Å². The van der Waals surface area contributed by atoms with Gasteiger partial charge in [-0.15, -0.1) is 11.8 Å². The zero-order valence-corrected chi connectivity index (χ0v) is 12.2. The number of hydrogen-bond acceptors (Lipinski definition) is 3. The molecule has 0 radical (unpaired) electrons. The molecule has 1 aliphatic rings. The van der Waals surface area contributed by atoms with Crippen molar-refractivity contribution in [1.82, 2.24) is 0 Å². The Balaban J connectivity index is 1.93. The highest BCUT2D eigenvalue weighted by Gasteiger charge is 2.22. The Kier molecular flexibility index (Phi) is 3.80. The van der Waals surface area contributed by atoms with E-state index in [-0.39, 0.29) is 11.6 Å². The monoisotopic (exact) mass is 300 g/mol. The molecule has 0 bridgehead atoms. The van der Waals surface area contributed by atoms with E-state index >= 15 is 0 Å². The molecular weight excluding hydrogens is 287 g/mol. The van der Waals surface area contributed by atoms with Gasteiger partial charge in [-0.1, -0.05) is 12.1 Å². The third-order valence-electron chi connectivity index (χ3n) is 3.32. The van der Waals surface area contributed by atoms with Gasteiger partial charge in [-0.25, -0.2) is 4.39 Å². The van der Waals surface area contributed by atoms with Crippen molar-refractivity contribution in [3.05, 3.63) is 65.0 Å². The predicted octanol–water partition coefficient (Wildman–Crippen LogP) is 4.21. The van der Waals surface area contributed by atoms with Crippen molar-refractivity contribution in [1.29, 1.82) is 0 Å². The molecule has 0 atom stereocenters. The second-order valence-corrected chi connectivity index (χ2v) is 5.72. The molecule has 1 heterocycles. The van der Waals surface area contributed by atoms with E-state index in [9.17, 15) is 9.18 Å². The smallest absolute Gasteiger partial charge is 0.191 e. The van der Waals surface area contributed by atoms with Crippen molar-refractivity contribution in [3.63, 3.8) is 0 Å². The minimum Gasteiger partial charge on any atom is -0.497 e. The number of fused-ring (bicyclic) bond motifs is 1. The van der Waals surface area contributed by atoms with Gasteiger partial charge in [-0.3, -0.25) is 4.79 Å². The second kappa shape index (κ2) is 5.74. The molecule has 2 nitrogen and oxygen atoms in total. The Hall–Kier alpha value is -2.07. The number of ketones is 1. The fraction of sp³-hybridized carbons (Fsp3) is 0.118. The first-order chi connectivity index (χ1) is 10.2. The molecule has 0 spiro atoms. The van der Waals surface area contributed by atoms with Crippen LogP contribution < -0.4 is 4.74 Å². The predicted molar refractivity (Wildman–Crippen MR) is 82.4 cm³/mol. The molecule has 0 saturated carbocycles. The molecular formula is C17H13FO2S. The minimum atomic E-state index is -0.381. The van der Waals surface area contributed by atoms with Crippen LogP contribution in [0, 0.1) is 5.82 Å². The standard InChI is InChI=1S/C17H13FO2S/c1-20-14-5-2-11(3-6-14)8-12-10-21-16-7-4-13(18)9-15(16)17(12)19/h2-9H,10H2,1H3/b12-8+. The van der Waals surface area contributed by atoms with E-state index in [1.165, 1.54) is 12.1 Å². The lowest BCUT2D eigenvalue weighted by Gasteiger charge is -2.17. The molecule has 0 aliphatic carbocycles. The Labute approximate surface area is 126 Å². The second-order valence-electron chi connectivity index (χ2n) is 4.70. The Morgan fingerprint density at radius 1 is 1.19 bits per heavy atom. The average molecular weight is 300 g/mol. The van der Waals surface area contributed by atoms with E-state index in [1.54, 1.807) is 24.9 Å². The molecule has 0 amide bonds. The van der Waals surface area contributed by atoms with Gasteiger partial charge in [0.15, 0.2) is 5.78 Å². The molecule has 0 fully saturated rings. The van der Waals surface area contributed by atoms with Crippen LogP contribution in [-0.4, -0.2) is 18.6 Å². The maximum atomic E-state index is 13.3. The number of Topliss-reactive ketones (excluding diaryl/α,β-unsaturated/α-hetero) is 1. The van der Waals surface area contributed by atoms with Gasteiger partial charge in [-0.05, 0) is 42.0 Å². The molecule has 4 heteroatoms. The fourth-order valence-electron chi connectivity index (χ4n) is 2.21. The summed E-state index contributed by atoms with van der Waals surface area (Å²) in [6.07, 6.45) is 1.85. The van der Waals surface area contributed by atoms with Gasteiger partial charge < -0.3 is 4.74 Å². The van der Waals surface area contributed by atoms with Crippen LogP contribution in [0.5, 0.6) is 5.75 Å². The van der Waals surface area contributed by atoms with E-state index in [0.717, 1.165) is 16.2 Å². The number of carbonyl (C=O) groups excluding carboxylic acids is 1. The first kappa shape index (κ1) is 13.9. The summed E-state index contributed by atoms with van der Waals surface area (Å²) in [4.78, 5) is 13.3. The van der Waals surface area contributed by atoms with Crippen LogP contribution in [0.3, 0.4) is 0 Å². The van der Waals surface area contributed by atoms with E-state index in [0.29, 0.717) is 16.9 Å². The third kappa shape index (κ3) is 2.85. The van der Waals surface area contributed by atoms with Crippen LogP contribution >= 0.6 is 11.8 Å². The van der Waals surface area contributed by atoms with Crippen molar-refractivity contribution in [2.24, 2.45) is 0 Å². The van der Waals surface area contributed by atoms with Gasteiger partial charge in [0.2, 0.25) is 0 Å². The van der Waals surface area contributed by atoms with Crippen molar-refractivity contribution in [2.75, 3.05) is 12.9 Å². The van der Waals surface area contributed by atoms with Crippen LogP contribution in [0.1, 0.15) is 15.9 Å². The maximum Gasteiger partial charge on any atom is 0.191 e. The lowest BCUT2D eigenvalue weighted by atomic mass is 10.0. The first-order valence-electron chi connectivity index (χ1n) is 6.49. The molecule has 0 aromatic heterocycles. The molecule has 2 aromatic rings. The van der Waals surface area contributed by atoms with Gasteiger partial charge in [-0.2, -0.15) is 0 Å². The minimum absolute atomic E-state index is 0.0981. The summed E-state index contributed by atoms with van der Waals surface area (Å²) in [6, 6.07) is 11.8. The lowest BCUT2D eigenvalue weighted by Crippen LogP contribution is -2.12. The number of benzene rings is 2. The van der Waals surface area contributed by atoms with Crippen LogP contribution in [-0.2, 0) is 0 Å². The molecule has 0 unspecified atom stereocenters. The number of rotatable bonds is 2. The number of hydrogen-bond donors (Lipinski definition) is 0. The molecule has 21 heavy (non-hydrogen) atoms. The SMILES string of the molecule is COc1ccc(/C=C2\CSc3ccc(F)cc3C2=O)cc1. The van der Waals surface area contributed by atoms with Crippen molar-refractivity contribution < 1.29 is 13.9 Å². The van der Waals surface area contributed by atoms with Crippen LogP contribution in [0.2, 0.25) is 0 Å². The summed E-state index contributed by atoms with van der Waals surface area (Å²) in [6.45, 7) is 0. The summed E-state index contributed by atoms with van der Waals surface area (Å²) in [5, 5.41) is 0. The summed E-state index contributed by atoms with van der Waals surface area (Å²) < 4.78 is 18.4. The highest BCUT2D eigenvalue weighted by Crippen LogP contribution is 2.33. The zero-order chi connectivity index (χ0) is 14.8. The fourth-order valence-corrected chi connectivity index (χ4v) is 3.20. The molecule has 1 aliphatic heterocycles. The van der Waals surface area contributed by atoms with Crippen LogP contribution in [0.4, 0.5) is 4.39 Å². The van der Waals surface area contributed by atoms with Crippen molar-refractivity contribution in [2.45, 2.75) is 4.90 Å². The van der Waals surface area contributed by atoms with Gasteiger partial charge >= 0.3 is 0 Å². The Morgan fingerprint density at radius 3 is 2.67 bits per heavy atom. The van der Waals surface area contributed by atoms with E-state index in [2.05, 4.69) is 0 Å². The van der Waals surface area contributed by atoms with Gasteiger partial charge in [0.1, 0.15) is 11.6 Å². The maximum absolute atomic E-state index is 13.3. The summed E-state index contributed by atoms with van der Waals surface area (Å²) >= 11 is 1.56. The quantitative estimate of drug-likeness (QED) is 0.777. The number of thioether (sulfide) groups is 1. The first-order valence-corrected chi connectivity index (χ1v) is 7.47. The Bertz CT molecular complexity index is 720. The number of ether oxygens (including phenoxy) is 1. The average Bonchev–Trinajstić information content (AvgIpc) is 2.51. The zero-order valence-electron chi connectivity index (χ0n) is 11.4. The van der Waals surface area contributed by atoms with E-state index in [1.807, 2.05) is 30.3 Å². The van der Waals surface area contributed by atoms with Gasteiger partial charge in [0, 0.05) is 21.8 Å². The topological polar surface area (TPSA) is 26.3 Å². The molecule has 106 valence electrons. The van der Waals surface area contributed by atoms with Crippen molar-refractivity contribution in [3.8, 4) is 5.75 Å². The van der Waals surface area contributed by atoms with E-state index in [4.69, 9.17) is 4.74 Å². The summed E-state index contributed by atoms with van der Waals surface area (Å²) in [5.41, 5.74) is 2.06. The molecule has 0 N–H and O–H groups in total. The summed E-state index contributed by atoms with van der Waals surface area (Å²) in [5.74, 6) is 0.894. The largest absolute Gasteiger partial charge is 0.497 e. The summed E-state index contributed by atoms with van der Waals surface area (Å²) in [7, 11) is 1.61. The number of carbonyl (C=O) groups is 1. The molecule has 2 aromatic carbocycles. The highest BCUT2D eigenvalue weighted by molar-refractivity contribution is 7.99. The molecule has 0 saturated heterocycles. The number of methoxy groups -OCH3 is 1. The lowest BCUT2D eigenvalue weighted by molar-refractivity contribution is 0.103. The molecule has 3 rings (SSSR count). The third-order valence-corrected chi connectivity index (χ3v) is 4.44. The van der Waals surface area contributed by atoms with Crippen molar-refractivity contribution >= 4 is 23.6 Å². The Morgan fingerprint density at radius 2 is 1.95 bits per heavy atom. The van der Waals surface area contributed by atoms with Gasteiger partial charge in [0.05, 0.1) is 7.11 Å². The highest BCUT2D eigenvalue weighted by atomic mass is 32.2. The van der Waals surface area contributed by atoms with E-state index < -0.39 is 0 Å². The van der Waals surface area contributed by atoms with Gasteiger partial charge in [0.25, 0.3) is 0 Å². The normalized spacial score (nSPS) is 15.9.